The number of nitrogens with one attached hydrogen (secondary N) is 1. The van der Waals surface area contributed by atoms with Gasteiger partial charge in [-0.15, -0.1) is 0 Å². The first-order valence-corrected chi connectivity index (χ1v) is 9.89. The topological polar surface area (TPSA) is 82.1 Å². The summed E-state index contributed by atoms with van der Waals surface area (Å²) in [6.07, 6.45) is -4.27. The highest BCUT2D eigenvalue weighted by molar-refractivity contribution is 5.86. The number of hydrogen-bond acceptors (Lipinski definition) is 5. The van der Waals surface area contributed by atoms with Crippen LogP contribution in [-0.4, -0.2) is 39.1 Å². The van der Waals surface area contributed by atoms with Crippen LogP contribution in [0.15, 0.2) is 29.2 Å². The van der Waals surface area contributed by atoms with Gasteiger partial charge in [-0.05, 0) is 31.0 Å². The van der Waals surface area contributed by atoms with Gasteiger partial charge < -0.3 is 15.0 Å². The first kappa shape index (κ1) is 22.0. The zero-order chi connectivity index (χ0) is 23.3. The maximum atomic E-state index is 13.9. The van der Waals surface area contributed by atoms with Gasteiger partial charge in [-0.25, -0.2) is 18.7 Å². The smallest absolute Gasteiger partial charge is 0.433 e. The summed E-state index contributed by atoms with van der Waals surface area (Å²) in [7, 11) is 0. The highest BCUT2D eigenvalue weighted by Gasteiger charge is 2.37. The van der Waals surface area contributed by atoms with E-state index >= 15 is 0 Å². The van der Waals surface area contributed by atoms with E-state index in [1.54, 1.807) is 0 Å². The summed E-state index contributed by atoms with van der Waals surface area (Å²) in [6.45, 7) is 1.16. The molecular weight excluding hydrogens is 435 g/mol. The summed E-state index contributed by atoms with van der Waals surface area (Å²) < 4.78 is 68.4. The molecule has 3 aromatic rings. The first-order valence-electron chi connectivity index (χ1n) is 9.89. The Balaban J connectivity index is 1.93. The number of aryl methyl sites for hydroxylation is 1. The van der Waals surface area contributed by atoms with Crippen LogP contribution in [0.1, 0.15) is 30.5 Å². The van der Waals surface area contributed by atoms with Crippen LogP contribution in [0.5, 0.6) is 5.88 Å². The van der Waals surface area contributed by atoms with E-state index in [0.717, 1.165) is 6.07 Å². The summed E-state index contributed by atoms with van der Waals surface area (Å²) in [5, 5.41) is 9.81. The third-order valence-corrected chi connectivity index (χ3v) is 5.49. The van der Waals surface area contributed by atoms with Crippen LogP contribution in [0.2, 0.25) is 0 Å². The number of rotatable bonds is 2. The Bertz CT molecular complexity index is 1240. The molecule has 11 heteroatoms. The molecule has 4 rings (SSSR count). The van der Waals surface area contributed by atoms with Crippen molar-refractivity contribution in [3.63, 3.8) is 0 Å². The molecule has 0 atom stereocenters. The number of pyridine rings is 3. The summed E-state index contributed by atoms with van der Waals surface area (Å²) in [4.78, 5) is 24.4. The molecule has 0 aliphatic carbocycles. The zero-order valence-corrected chi connectivity index (χ0v) is 16.9. The second-order valence-electron chi connectivity index (χ2n) is 7.82. The standard InChI is InChI=1S/C21H19F5N4O2/c1-11-9-12(14-10-15(31)16-13(28-14)3-6-27-19(16)32)18(29-17(11)21(24,25)26)30-7-2-4-20(22,23)5-8-30/h3,6,9-10H,2,4-5,7-8H2,1H3,(H,27,32)(H,28,31). The van der Waals surface area contributed by atoms with Crippen molar-refractivity contribution >= 4 is 16.7 Å². The number of hydrogen-bond donors (Lipinski definition) is 2. The quantitative estimate of drug-likeness (QED) is 0.552. The van der Waals surface area contributed by atoms with Gasteiger partial charge in [0.05, 0.1) is 11.2 Å². The lowest BCUT2D eigenvalue weighted by Gasteiger charge is -2.26. The van der Waals surface area contributed by atoms with Gasteiger partial charge in [0.15, 0.2) is 5.43 Å². The number of anilines is 1. The van der Waals surface area contributed by atoms with Gasteiger partial charge in [-0.1, -0.05) is 0 Å². The van der Waals surface area contributed by atoms with Crippen LogP contribution in [0, 0.1) is 6.92 Å². The minimum atomic E-state index is -4.73. The molecule has 1 fully saturated rings. The third-order valence-electron chi connectivity index (χ3n) is 5.49. The van der Waals surface area contributed by atoms with E-state index in [4.69, 9.17) is 0 Å². The van der Waals surface area contributed by atoms with Gasteiger partial charge >= 0.3 is 6.18 Å². The molecule has 32 heavy (non-hydrogen) atoms. The van der Waals surface area contributed by atoms with Gasteiger partial charge in [-0.3, -0.25) is 4.79 Å². The second kappa shape index (κ2) is 7.72. The third kappa shape index (κ3) is 4.11. The normalized spacial score (nSPS) is 16.9. The van der Waals surface area contributed by atoms with Gasteiger partial charge in [-0.2, -0.15) is 13.2 Å². The number of alkyl halides is 5. The van der Waals surface area contributed by atoms with Crippen molar-refractivity contribution in [2.45, 2.75) is 38.3 Å². The lowest BCUT2D eigenvalue weighted by Crippen LogP contribution is -2.28. The van der Waals surface area contributed by atoms with Crippen LogP contribution in [-0.2, 0) is 6.18 Å². The van der Waals surface area contributed by atoms with Crippen molar-refractivity contribution in [3.8, 4) is 17.1 Å². The van der Waals surface area contributed by atoms with Crippen molar-refractivity contribution in [2.75, 3.05) is 18.0 Å². The van der Waals surface area contributed by atoms with Crippen LogP contribution < -0.4 is 10.3 Å². The Hall–Kier alpha value is -3.24. The largest absolute Gasteiger partial charge is 0.493 e. The molecule has 0 unspecified atom stereocenters. The van der Waals surface area contributed by atoms with Crippen LogP contribution in [0.3, 0.4) is 0 Å². The van der Waals surface area contributed by atoms with Crippen molar-refractivity contribution in [3.05, 3.63) is 45.9 Å². The molecule has 0 spiro atoms. The monoisotopic (exact) mass is 454 g/mol. The fraction of sp³-hybridized carbons (Fsp3) is 0.381. The molecule has 0 bridgehead atoms. The van der Waals surface area contributed by atoms with Crippen LogP contribution >= 0.6 is 0 Å². The number of aromatic hydroxyl groups is 1. The minimum Gasteiger partial charge on any atom is -0.493 e. The molecule has 0 aromatic carbocycles. The highest BCUT2D eigenvalue weighted by Crippen LogP contribution is 2.38. The Kier molecular flexibility index (Phi) is 5.30. The molecule has 3 aromatic heterocycles. The van der Waals surface area contributed by atoms with Gasteiger partial charge in [0.1, 0.15) is 16.9 Å². The van der Waals surface area contributed by atoms with E-state index in [2.05, 4.69) is 15.0 Å². The second-order valence-corrected chi connectivity index (χ2v) is 7.82. The van der Waals surface area contributed by atoms with Gasteiger partial charge in [0, 0.05) is 43.8 Å². The fourth-order valence-corrected chi connectivity index (χ4v) is 3.93. The molecule has 4 heterocycles. The molecule has 0 radical (unpaired) electrons. The number of aromatic nitrogens is 3. The van der Waals surface area contributed by atoms with E-state index in [-0.39, 0.29) is 59.5 Å². The molecule has 0 amide bonds. The molecule has 1 saturated heterocycles. The molecule has 6 nitrogen and oxygen atoms in total. The predicted octanol–water partition coefficient (Wildman–Crippen LogP) is 4.64. The Morgan fingerprint density at radius 1 is 1.19 bits per heavy atom. The number of fused-ring (bicyclic) bond motifs is 1. The average Bonchev–Trinajstić information content (AvgIpc) is 2.87. The lowest BCUT2D eigenvalue weighted by atomic mass is 10.1. The van der Waals surface area contributed by atoms with E-state index in [1.807, 2.05) is 0 Å². The Morgan fingerprint density at radius 3 is 2.66 bits per heavy atom. The van der Waals surface area contributed by atoms with E-state index < -0.39 is 35.5 Å². The van der Waals surface area contributed by atoms with E-state index in [9.17, 15) is 31.9 Å². The van der Waals surface area contributed by atoms with Gasteiger partial charge in [0.2, 0.25) is 11.8 Å². The van der Waals surface area contributed by atoms with Gasteiger partial charge in [0.25, 0.3) is 0 Å². The summed E-state index contributed by atoms with van der Waals surface area (Å²) >= 11 is 0. The van der Waals surface area contributed by atoms with E-state index in [0.29, 0.717) is 0 Å². The van der Waals surface area contributed by atoms with Crippen LogP contribution in [0.4, 0.5) is 27.8 Å². The molecule has 2 N–H and O–H groups in total. The van der Waals surface area contributed by atoms with Crippen molar-refractivity contribution in [1.82, 2.24) is 15.0 Å². The summed E-state index contributed by atoms with van der Waals surface area (Å²) in [5.74, 6) is -3.52. The summed E-state index contributed by atoms with van der Waals surface area (Å²) in [6, 6.07) is 3.81. The predicted molar refractivity (Wildman–Crippen MR) is 108 cm³/mol. The SMILES string of the molecule is Cc1cc(-c2cc(=O)c3c(O)nccc3[nH]2)c(N2CCCC(F)(F)CC2)nc1C(F)(F)F. The number of aromatic amines is 1. The number of H-pyrrole nitrogens is 1. The molecular formula is C21H19F5N4O2. The van der Waals surface area contributed by atoms with Crippen molar-refractivity contribution < 1.29 is 27.1 Å². The minimum absolute atomic E-state index is 0.0659. The average molecular weight is 454 g/mol. The number of halogens is 5. The van der Waals surface area contributed by atoms with Crippen molar-refractivity contribution in [1.29, 1.82) is 0 Å². The molecule has 0 saturated carbocycles. The maximum absolute atomic E-state index is 13.9. The molecule has 1 aliphatic heterocycles. The Morgan fingerprint density at radius 2 is 1.94 bits per heavy atom. The zero-order valence-electron chi connectivity index (χ0n) is 16.9. The highest BCUT2D eigenvalue weighted by atomic mass is 19.4. The molecule has 1 aliphatic rings. The lowest BCUT2D eigenvalue weighted by molar-refractivity contribution is -0.141. The Labute approximate surface area is 178 Å². The maximum Gasteiger partial charge on any atom is 0.433 e. The first-order chi connectivity index (χ1) is 15.0. The fourth-order valence-electron chi connectivity index (χ4n) is 3.93. The van der Waals surface area contributed by atoms with Crippen molar-refractivity contribution in [2.24, 2.45) is 0 Å². The number of nitrogens with zero attached hydrogens (tertiary/aromatic N) is 3. The van der Waals surface area contributed by atoms with Crippen LogP contribution in [0.25, 0.3) is 22.2 Å². The summed E-state index contributed by atoms with van der Waals surface area (Å²) in [5.41, 5.74) is -1.32. The van der Waals surface area contributed by atoms with E-state index in [1.165, 1.54) is 30.2 Å². The molecule has 170 valence electrons.